The lowest BCUT2D eigenvalue weighted by Crippen LogP contribution is -2.59. The minimum atomic E-state index is -3.01. The van der Waals surface area contributed by atoms with Crippen molar-refractivity contribution in [3.63, 3.8) is 0 Å². The van der Waals surface area contributed by atoms with Gasteiger partial charge in [-0.1, -0.05) is 35.5 Å². The first kappa shape index (κ1) is 36.1. The molecule has 1 aliphatic carbocycles. The smallest absolute Gasteiger partial charge is 0.248 e. The van der Waals surface area contributed by atoms with Crippen molar-refractivity contribution in [3.8, 4) is 11.3 Å². The molecule has 1 amide bonds. The maximum Gasteiger partial charge on any atom is 0.248 e. The van der Waals surface area contributed by atoms with Crippen LogP contribution in [0.3, 0.4) is 0 Å². The fraction of sp³-hybridized carbons (Fsp3) is 0.531. The summed E-state index contributed by atoms with van der Waals surface area (Å²) in [5.74, 6) is -8.08. The van der Waals surface area contributed by atoms with E-state index in [2.05, 4.69) is 10.3 Å². The number of aromatic nitrogens is 3. The van der Waals surface area contributed by atoms with Gasteiger partial charge in [-0.15, -0.1) is 16.9 Å². The molecule has 1 aliphatic heterocycles. The Morgan fingerprint density at radius 3 is 2.38 bits per heavy atom. The van der Waals surface area contributed by atoms with Gasteiger partial charge in [0.2, 0.25) is 11.8 Å². The summed E-state index contributed by atoms with van der Waals surface area (Å²) >= 11 is 0.837. The maximum atomic E-state index is 14.3. The molecule has 0 unspecified atom stereocenters. The number of carbonyl (C=O) groups is 1. The Balaban J connectivity index is 1.49. The van der Waals surface area contributed by atoms with Gasteiger partial charge in [0.1, 0.15) is 40.7 Å². The average Bonchev–Trinajstić information content (AvgIpc) is 3.56. The van der Waals surface area contributed by atoms with Gasteiger partial charge in [0.15, 0.2) is 17.5 Å². The van der Waals surface area contributed by atoms with E-state index in [9.17, 15) is 42.1 Å². The van der Waals surface area contributed by atoms with Crippen LogP contribution in [-0.2, 0) is 20.8 Å². The van der Waals surface area contributed by atoms with Crippen LogP contribution >= 0.6 is 11.8 Å². The van der Waals surface area contributed by atoms with Crippen LogP contribution < -0.4 is 0 Å². The van der Waals surface area contributed by atoms with E-state index in [1.807, 2.05) is 30.3 Å². The maximum absolute atomic E-state index is 14.3. The molecule has 16 heteroatoms. The monoisotopic (exact) mass is 700 g/mol. The van der Waals surface area contributed by atoms with Gasteiger partial charge in [-0.2, -0.15) is 0 Å². The highest BCUT2D eigenvalue weighted by atomic mass is 32.2. The average molecular weight is 701 g/mol. The number of hydrogen-bond donors (Lipinski definition) is 3. The Bertz CT molecular complexity index is 1540. The SMILES string of the molecule is CCN(Cc1ccccc1)C(=O)[C@@H](S[C@@H]1O[C@H](CO)[C@H](O)[C@H](n2cc(-c3cc(F)c(F)c(F)c3)nn2)[C@H]1OC)C1(O)CCC(F)(F)CC1. The molecular weight excluding hydrogens is 663 g/mol. The second-order valence-corrected chi connectivity index (χ2v) is 13.3. The normalized spacial score (nSPS) is 25.8. The van der Waals surface area contributed by atoms with Crippen LogP contribution in [0.5, 0.6) is 0 Å². The van der Waals surface area contributed by atoms with Crippen molar-refractivity contribution >= 4 is 17.7 Å². The summed E-state index contributed by atoms with van der Waals surface area (Å²) in [6.45, 7) is 1.49. The molecule has 2 fully saturated rings. The Hall–Kier alpha value is -3.15. The first-order valence-corrected chi connectivity index (χ1v) is 16.4. The van der Waals surface area contributed by atoms with Crippen LogP contribution in [0.2, 0.25) is 0 Å². The largest absolute Gasteiger partial charge is 0.394 e. The summed E-state index contributed by atoms with van der Waals surface area (Å²) in [5.41, 5.74) is -2.44. The van der Waals surface area contributed by atoms with E-state index in [1.54, 1.807) is 6.92 Å². The van der Waals surface area contributed by atoms with E-state index in [1.165, 1.54) is 18.2 Å². The lowest BCUT2D eigenvalue weighted by atomic mass is 9.80. The Labute approximate surface area is 277 Å². The van der Waals surface area contributed by atoms with Gasteiger partial charge >= 0.3 is 0 Å². The summed E-state index contributed by atoms with van der Waals surface area (Å²) in [4.78, 5) is 15.8. The quantitative estimate of drug-likeness (QED) is 0.200. The molecule has 0 spiro atoms. The van der Waals surface area contributed by atoms with Crippen molar-refractivity contribution in [3.05, 3.63) is 71.7 Å². The molecule has 1 saturated heterocycles. The van der Waals surface area contributed by atoms with Crippen molar-refractivity contribution in [2.24, 2.45) is 0 Å². The number of thioether (sulfide) groups is 1. The molecule has 262 valence electrons. The lowest BCUT2D eigenvalue weighted by Gasteiger charge is -2.47. The van der Waals surface area contributed by atoms with Crippen LogP contribution in [0.25, 0.3) is 11.3 Å². The third kappa shape index (κ3) is 7.53. The Morgan fingerprint density at radius 1 is 1.15 bits per heavy atom. The van der Waals surface area contributed by atoms with Crippen molar-refractivity contribution in [1.82, 2.24) is 19.9 Å². The third-order valence-corrected chi connectivity index (χ3v) is 10.5. The van der Waals surface area contributed by atoms with Crippen molar-refractivity contribution in [2.45, 2.75) is 85.7 Å². The number of amides is 1. The van der Waals surface area contributed by atoms with Gasteiger partial charge in [-0.05, 0) is 37.5 Å². The molecular formula is C32H37F5N4O6S. The van der Waals surface area contributed by atoms with Gasteiger partial charge < -0.3 is 29.7 Å². The van der Waals surface area contributed by atoms with Crippen LogP contribution in [-0.4, -0.2) is 102 Å². The summed E-state index contributed by atoms with van der Waals surface area (Å²) in [6, 6.07) is 9.42. The first-order chi connectivity index (χ1) is 22.8. The molecule has 10 nitrogen and oxygen atoms in total. The number of nitrogens with zero attached hydrogens (tertiary/aromatic N) is 4. The standard InChI is InChI=1S/C32H37F5N4O6S/c1-3-40(15-18-7-5-4-6-8-18)29(44)28(31(45)9-11-32(36,37)12-10-31)48-30-27(46-2)25(26(43)23(17-42)47-30)41-16-22(38-39-41)19-13-20(33)24(35)21(34)14-19/h4-8,13-14,16,23,25-28,30,42-43,45H,3,9-12,15,17H2,1-2H3/t23-,25+,26+,27-,28-,30+/m1/s1. The van der Waals surface area contributed by atoms with E-state index < -0.39 is 89.4 Å². The van der Waals surface area contributed by atoms with Crippen molar-refractivity contribution in [2.75, 3.05) is 20.3 Å². The van der Waals surface area contributed by atoms with Crippen molar-refractivity contribution in [1.29, 1.82) is 0 Å². The van der Waals surface area contributed by atoms with Gasteiger partial charge in [0.25, 0.3) is 0 Å². The fourth-order valence-electron chi connectivity index (χ4n) is 6.16. The lowest BCUT2D eigenvalue weighted by molar-refractivity contribution is -0.186. The predicted octanol–water partition coefficient (Wildman–Crippen LogP) is 4.09. The van der Waals surface area contributed by atoms with E-state index in [0.717, 1.165) is 34.1 Å². The van der Waals surface area contributed by atoms with E-state index >= 15 is 0 Å². The van der Waals surface area contributed by atoms with Crippen LogP contribution in [0, 0.1) is 17.5 Å². The zero-order valence-electron chi connectivity index (χ0n) is 26.2. The second-order valence-electron chi connectivity index (χ2n) is 12.1. The minimum absolute atomic E-state index is 0.0731. The number of hydrogen-bond acceptors (Lipinski definition) is 9. The Morgan fingerprint density at radius 2 is 1.79 bits per heavy atom. The summed E-state index contributed by atoms with van der Waals surface area (Å²) in [7, 11) is 1.30. The number of ether oxygens (including phenoxy) is 2. The number of aliphatic hydroxyl groups is 3. The van der Waals surface area contributed by atoms with Gasteiger partial charge in [0, 0.05) is 38.6 Å². The zero-order chi connectivity index (χ0) is 34.8. The molecule has 2 aromatic carbocycles. The molecule has 3 aromatic rings. The number of benzene rings is 2. The number of carbonyl (C=O) groups excluding carboxylic acids is 1. The molecule has 0 bridgehead atoms. The number of rotatable bonds is 11. The number of halogens is 5. The molecule has 1 aromatic heterocycles. The minimum Gasteiger partial charge on any atom is -0.394 e. The van der Waals surface area contributed by atoms with Crippen LogP contribution in [0.1, 0.15) is 44.2 Å². The number of methoxy groups -OCH3 is 1. The third-order valence-electron chi connectivity index (χ3n) is 8.93. The molecule has 5 rings (SSSR count). The fourth-order valence-corrected chi connectivity index (χ4v) is 7.81. The molecule has 2 aliphatic rings. The summed E-state index contributed by atoms with van der Waals surface area (Å²) in [5, 5.41) is 39.9. The van der Waals surface area contributed by atoms with Gasteiger partial charge in [0.05, 0.1) is 18.4 Å². The van der Waals surface area contributed by atoms with Gasteiger partial charge in [-0.25, -0.2) is 26.6 Å². The number of aliphatic hydroxyl groups excluding tert-OH is 2. The molecule has 2 heterocycles. The first-order valence-electron chi connectivity index (χ1n) is 15.4. The van der Waals surface area contributed by atoms with Gasteiger partial charge in [-0.3, -0.25) is 4.79 Å². The summed E-state index contributed by atoms with van der Waals surface area (Å²) in [6.07, 6.45) is -4.66. The van der Waals surface area contributed by atoms with E-state index in [4.69, 9.17) is 9.47 Å². The summed E-state index contributed by atoms with van der Waals surface area (Å²) < 4.78 is 83.0. The second kappa shape index (κ2) is 14.8. The molecule has 48 heavy (non-hydrogen) atoms. The van der Waals surface area contributed by atoms with Crippen molar-refractivity contribution < 1.29 is 51.5 Å². The zero-order valence-corrected chi connectivity index (χ0v) is 27.0. The highest BCUT2D eigenvalue weighted by Crippen LogP contribution is 2.47. The highest BCUT2D eigenvalue weighted by molar-refractivity contribution is 8.01. The van der Waals surface area contributed by atoms with E-state index in [0.29, 0.717) is 0 Å². The van der Waals surface area contributed by atoms with Crippen LogP contribution in [0.15, 0.2) is 48.7 Å². The number of alkyl halides is 2. The molecule has 6 atom stereocenters. The van der Waals surface area contributed by atoms with Crippen LogP contribution in [0.4, 0.5) is 22.0 Å². The molecule has 1 saturated carbocycles. The topological polar surface area (TPSA) is 130 Å². The molecule has 0 radical (unpaired) electrons. The molecule has 3 N–H and O–H groups in total. The predicted molar refractivity (Wildman–Crippen MR) is 164 cm³/mol. The highest BCUT2D eigenvalue weighted by Gasteiger charge is 2.54. The Kier molecular flexibility index (Phi) is 11.1. The van der Waals surface area contributed by atoms with E-state index in [-0.39, 0.29) is 37.2 Å².